The summed E-state index contributed by atoms with van der Waals surface area (Å²) in [5, 5.41) is 8.68. The molecule has 0 amide bonds. The minimum absolute atomic E-state index is 0.196. The second-order valence-electron chi connectivity index (χ2n) is 5.30. The minimum Gasteiger partial charge on any atom is -0.466 e. The van der Waals surface area contributed by atoms with E-state index >= 15 is 0 Å². The van der Waals surface area contributed by atoms with Gasteiger partial charge in [0.15, 0.2) is 0 Å². The van der Waals surface area contributed by atoms with Gasteiger partial charge in [0.1, 0.15) is 0 Å². The zero-order valence-corrected chi connectivity index (χ0v) is 12.6. The van der Waals surface area contributed by atoms with Gasteiger partial charge in [-0.05, 0) is 43.4 Å². The third-order valence-electron chi connectivity index (χ3n) is 4.17. The molecule has 0 heterocycles. The predicted octanol–water partition coefficient (Wildman–Crippen LogP) is 3.56. The lowest BCUT2D eigenvalue weighted by Crippen LogP contribution is -2.24. The maximum Gasteiger partial charge on any atom is 0.334 e. The van der Waals surface area contributed by atoms with E-state index in [9.17, 15) is 4.79 Å². The van der Waals surface area contributed by atoms with Crippen LogP contribution in [0.25, 0.3) is 0 Å². The highest BCUT2D eigenvalue weighted by Gasteiger charge is 2.32. The SMILES string of the molecule is COC(=O)C1=CC(C(=N)SC)=C(C2CCC2)CC1C. The van der Waals surface area contributed by atoms with E-state index in [1.165, 1.54) is 43.7 Å². The first-order valence-electron chi connectivity index (χ1n) is 6.74. The summed E-state index contributed by atoms with van der Waals surface area (Å²) >= 11 is 1.44. The fraction of sp³-hybridized carbons (Fsp3) is 0.600. The summed E-state index contributed by atoms with van der Waals surface area (Å²) in [5.74, 6) is 0.563. The first-order chi connectivity index (χ1) is 9.08. The van der Waals surface area contributed by atoms with Crippen LogP contribution in [0, 0.1) is 17.2 Å². The lowest BCUT2D eigenvalue weighted by Gasteiger charge is -2.34. The molecule has 1 fully saturated rings. The van der Waals surface area contributed by atoms with Crippen molar-refractivity contribution in [1.29, 1.82) is 5.41 Å². The molecule has 1 saturated carbocycles. The Morgan fingerprint density at radius 1 is 1.47 bits per heavy atom. The fourth-order valence-electron chi connectivity index (χ4n) is 2.78. The van der Waals surface area contributed by atoms with Crippen molar-refractivity contribution in [1.82, 2.24) is 0 Å². The third-order valence-corrected chi connectivity index (χ3v) is 4.80. The molecule has 0 aromatic rings. The van der Waals surface area contributed by atoms with Crippen molar-refractivity contribution in [2.45, 2.75) is 32.6 Å². The number of hydrogen-bond donors (Lipinski definition) is 1. The lowest BCUT2D eigenvalue weighted by atomic mass is 9.71. The molecule has 2 aliphatic carbocycles. The Hall–Kier alpha value is -1.03. The van der Waals surface area contributed by atoms with Crippen LogP contribution in [0.5, 0.6) is 0 Å². The summed E-state index contributed by atoms with van der Waals surface area (Å²) in [6.45, 7) is 2.07. The summed E-state index contributed by atoms with van der Waals surface area (Å²) in [6.07, 6.45) is 8.45. The van der Waals surface area contributed by atoms with Crippen LogP contribution in [0.2, 0.25) is 0 Å². The molecular formula is C15H21NO2S. The van der Waals surface area contributed by atoms with Gasteiger partial charge in [0.25, 0.3) is 0 Å². The molecule has 0 bridgehead atoms. The first kappa shape index (κ1) is 14.4. The number of esters is 1. The Morgan fingerprint density at radius 3 is 2.63 bits per heavy atom. The molecule has 1 N–H and O–H groups in total. The highest BCUT2D eigenvalue weighted by molar-refractivity contribution is 8.13. The monoisotopic (exact) mass is 279 g/mol. The van der Waals surface area contributed by atoms with Crippen molar-refractivity contribution < 1.29 is 9.53 Å². The van der Waals surface area contributed by atoms with E-state index in [0.29, 0.717) is 16.5 Å². The summed E-state index contributed by atoms with van der Waals surface area (Å²) in [7, 11) is 1.42. The molecule has 0 radical (unpaired) electrons. The fourth-order valence-corrected chi connectivity index (χ4v) is 3.19. The minimum atomic E-state index is -0.258. The van der Waals surface area contributed by atoms with Crippen LogP contribution in [0.3, 0.4) is 0 Å². The largest absolute Gasteiger partial charge is 0.466 e. The predicted molar refractivity (Wildman–Crippen MR) is 79.5 cm³/mol. The number of hydrogen-bond acceptors (Lipinski definition) is 4. The van der Waals surface area contributed by atoms with E-state index in [2.05, 4.69) is 6.92 Å². The number of carbonyl (C=O) groups is 1. The van der Waals surface area contributed by atoms with Crippen LogP contribution in [-0.4, -0.2) is 24.4 Å². The van der Waals surface area contributed by atoms with Gasteiger partial charge < -0.3 is 4.74 Å². The molecule has 1 atom stereocenters. The van der Waals surface area contributed by atoms with Crippen molar-refractivity contribution in [3.8, 4) is 0 Å². The Morgan fingerprint density at radius 2 is 2.16 bits per heavy atom. The van der Waals surface area contributed by atoms with Crippen LogP contribution in [0.1, 0.15) is 32.6 Å². The third kappa shape index (κ3) is 2.78. The Kier molecular flexibility index (Phi) is 4.50. The molecule has 0 saturated heterocycles. The average molecular weight is 279 g/mol. The molecule has 3 nitrogen and oxygen atoms in total. The van der Waals surface area contributed by atoms with Crippen molar-refractivity contribution in [3.63, 3.8) is 0 Å². The lowest BCUT2D eigenvalue weighted by molar-refractivity contribution is -0.136. The van der Waals surface area contributed by atoms with Crippen molar-refractivity contribution >= 4 is 22.8 Å². The van der Waals surface area contributed by atoms with Crippen molar-refractivity contribution in [3.05, 3.63) is 22.8 Å². The summed E-state index contributed by atoms with van der Waals surface area (Å²) < 4.78 is 4.85. The first-order valence-corrected chi connectivity index (χ1v) is 7.96. The average Bonchev–Trinajstić information content (AvgIpc) is 2.35. The second-order valence-corrected chi connectivity index (χ2v) is 6.11. The number of carbonyl (C=O) groups excluding carboxylic acids is 1. The van der Waals surface area contributed by atoms with E-state index in [4.69, 9.17) is 10.1 Å². The molecule has 0 aromatic heterocycles. The van der Waals surface area contributed by atoms with E-state index in [1.807, 2.05) is 12.3 Å². The zero-order chi connectivity index (χ0) is 14.0. The molecule has 19 heavy (non-hydrogen) atoms. The number of ether oxygens (including phenoxy) is 1. The van der Waals surface area contributed by atoms with Gasteiger partial charge in [-0.1, -0.05) is 18.9 Å². The Balaban J connectivity index is 2.39. The zero-order valence-electron chi connectivity index (χ0n) is 11.8. The van der Waals surface area contributed by atoms with Crippen molar-refractivity contribution in [2.75, 3.05) is 13.4 Å². The maximum absolute atomic E-state index is 11.8. The molecule has 0 spiro atoms. The second kappa shape index (κ2) is 5.95. The molecule has 2 aliphatic rings. The Bertz CT molecular complexity index is 461. The molecule has 1 unspecified atom stereocenters. The molecule has 0 aliphatic heterocycles. The van der Waals surface area contributed by atoms with Gasteiger partial charge in [0, 0.05) is 11.1 Å². The molecule has 0 aromatic carbocycles. The van der Waals surface area contributed by atoms with Gasteiger partial charge in [0.05, 0.1) is 12.2 Å². The summed E-state index contributed by atoms with van der Waals surface area (Å²) in [4.78, 5) is 11.8. The number of rotatable bonds is 3. The van der Waals surface area contributed by atoms with Gasteiger partial charge in [-0.15, -0.1) is 11.8 Å². The van der Waals surface area contributed by atoms with Crippen LogP contribution in [0.4, 0.5) is 0 Å². The van der Waals surface area contributed by atoms with E-state index in [0.717, 1.165) is 12.0 Å². The van der Waals surface area contributed by atoms with E-state index in [1.54, 1.807) is 0 Å². The maximum atomic E-state index is 11.8. The van der Waals surface area contributed by atoms with E-state index < -0.39 is 0 Å². The Labute approximate surface area is 119 Å². The molecular weight excluding hydrogens is 258 g/mol. The van der Waals surface area contributed by atoms with Crippen LogP contribution >= 0.6 is 11.8 Å². The highest BCUT2D eigenvalue weighted by Crippen LogP contribution is 2.42. The number of thioether (sulfide) groups is 1. The highest BCUT2D eigenvalue weighted by atomic mass is 32.2. The normalized spacial score (nSPS) is 23.7. The number of methoxy groups -OCH3 is 1. The summed E-state index contributed by atoms with van der Waals surface area (Å²) in [5.41, 5.74) is 3.06. The standard InChI is InChI=1S/C15H21NO2S/c1-9-7-12(10-5-4-6-10)13(14(16)19-3)8-11(9)15(17)18-2/h8-10,16H,4-7H2,1-3H3. The van der Waals surface area contributed by atoms with Gasteiger partial charge >= 0.3 is 5.97 Å². The van der Waals surface area contributed by atoms with Crippen molar-refractivity contribution in [2.24, 2.45) is 11.8 Å². The molecule has 2 rings (SSSR count). The summed E-state index contributed by atoms with van der Waals surface area (Å²) in [6, 6.07) is 0. The van der Waals surface area contributed by atoms with Crippen LogP contribution in [0.15, 0.2) is 22.8 Å². The van der Waals surface area contributed by atoms with Gasteiger partial charge in [-0.2, -0.15) is 0 Å². The molecule has 104 valence electrons. The smallest absolute Gasteiger partial charge is 0.334 e. The number of allylic oxidation sites excluding steroid dienone is 2. The van der Waals surface area contributed by atoms with Gasteiger partial charge in [0.2, 0.25) is 0 Å². The van der Waals surface area contributed by atoms with Gasteiger partial charge in [-0.25, -0.2) is 4.79 Å². The van der Waals surface area contributed by atoms with Crippen LogP contribution < -0.4 is 0 Å². The van der Waals surface area contributed by atoms with Gasteiger partial charge in [-0.3, -0.25) is 5.41 Å². The topological polar surface area (TPSA) is 50.2 Å². The van der Waals surface area contributed by atoms with Crippen LogP contribution in [-0.2, 0) is 9.53 Å². The number of nitrogens with one attached hydrogen (secondary N) is 1. The molecule has 4 heteroatoms. The van der Waals surface area contributed by atoms with E-state index in [-0.39, 0.29) is 11.9 Å². The quantitative estimate of drug-likeness (QED) is 0.488.